The lowest BCUT2D eigenvalue weighted by Crippen LogP contribution is -2.23. The molecule has 1 fully saturated rings. The van der Waals surface area contributed by atoms with Crippen LogP contribution < -0.4 is 0 Å². The van der Waals surface area contributed by atoms with E-state index in [1.54, 1.807) is 13.0 Å². The fraction of sp³-hybridized carbons (Fsp3) is 0.667. The van der Waals surface area contributed by atoms with Crippen molar-refractivity contribution < 1.29 is 4.79 Å². The first kappa shape index (κ1) is 8.31. The maximum atomic E-state index is 10.8. The molecule has 0 aliphatic carbocycles. The molecular weight excluding hydrogens is 138 g/mol. The molecule has 0 spiro atoms. The van der Waals surface area contributed by atoms with Crippen molar-refractivity contribution in [3.05, 3.63) is 11.8 Å². The van der Waals surface area contributed by atoms with E-state index in [9.17, 15) is 4.79 Å². The van der Waals surface area contributed by atoms with Crippen LogP contribution in [0.5, 0.6) is 0 Å². The van der Waals surface area contributed by atoms with E-state index in [0.717, 1.165) is 13.0 Å². The molecule has 2 heteroatoms. The lowest BCUT2D eigenvalue weighted by Gasteiger charge is -2.27. The molecule has 0 unspecified atom stereocenters. The van der Waals surface area contributed by atoms with E-state index in [4.69, 9.17) is 0 Å². The Morgan fingerprint density at radius 1 is 1.55 bits per heavy atom. The monoisotopic (exact) mass is 153 g/mol. The van der Waals surface area contributed by atoms with Gasteiger partial charge in [-0.1, -0.05) is 0 Å². The molecule has 0 N–H and O–H groups in total. The van der Waals surface area contributed by atoms with Crippen molar-refractivity contribution in [2.45, 2.75) is 26.2 Å². The van der Waals surface area contributed by atoms with Crippen LogP contribution in [0.15, 0.2) is 11.8 Å². The van der Waals surface area contributed by atoms with Gasteiger partial charge in [0.05, 0.1) is 0 Å². The maximum Gasteiger partial charge on any atom is 0.154 e. The summed E-state index contributed by atoms with van der Waals surface area (Å²) in [6.07, 6.45) is 5.30. The zero-order valence-corrected chi connectivity index (χ0v) is 7.26. The van der Waals surface area contributed by atoms with Crippen LogP contribution >= 0.6 is 0 Å². The zero-order valence-electron chi connectivity index (χ0n) is 7.26. The number of likely N-dealkylation sites (tertiary alicyclic amines) is 1. The molecule has 11 heavy (non-hydrogen) atoms. The molecule has 0 bridgehead atoms. The summed E-state index contributed by atoms with van der Waals surface area (Å²) in [5.74, 6) is 0.161. The first-order valence-corrected chi connectivity index (χ1v) is 4.12. The first-order chi connectivity index (χ1) is 5.20. The Balaban J connectivity index is 2.60. The number of rotatable bonds is 1. The summed E-state index contributed by atoms with van der Waals surface area (Å²) < 4.78 is 0. The van der Waals surface area contributed by atoms with Gasteiger partial charge in [0.25, 0.3) is 0 Å². The van der Waals surface area contributed by atoms with Crippen LogP contribution in [0.3, 0.4) is 0 Å². The van der Waals surface area contributed by atoms with Gasteiger partial charge < -0.3 is 4.90 Å². The summed E-state index contributed by atoms with van der Waals surface area (Å²) in [4.78, 5) is 12.9. The number of hydrogen-bond donors (Lipinski definition) is 0. The van der Waals surface area contributed by atoms with Gasteiger partial charge in [-0.05, 0) is 32.3 Å². The Bertz CT molecular complexity index is 184. The second-order valence-corrected chi connectivity index (χ2v) is 3.12. The van der Waals surface area contributed by atoms with Crippen LogP contribution in [-0.4, -0.2) is 24.3 Å². The third-order valence-electron chi connectivity index (χ3n) is 2.04. The molecule has 0 radical (unpaired) electrons. The Hall–Kier alpha value is -0.790. The van der Waals surface area contributed by atoms with Crippen LogP contribution in [0.1, 0.15) is 26.2 Å². The third kappa shape index (κ3) is 2.37. The molecule has 0 amide bonds. The standard InChI is InChI=1S/C9H15NO/c1-8(11)7-9-5-3-4-6-10(9)2/h7H,3-6H2,1-2H3/b9-7-. The molecule has 1 aliphatic heterocycles. The molecule has 2 nitrogen and oxygen atoms in total. The highest BCUT2D eigenvalue weighted by atomic mass is 16.1. The van der Waals surface area contributed by atoms with E-state index in [1.807, 2.05) is 7.05 Å². The normalized spacial score (nSPS) is 22.4. The van der Waals surface area contributed by atoms with Crippen molar-refractivity contribution in [2.75, 3.05) is 13.6 Å². The Morgan fingerprint density at radius 2 is 2.27 bits per heavy atom. The summed E-state index contributed by atoms with van der Waals surface area (Å²) in [7, 11) is 2.05. The molecule has 0 atom stereocenters. The van der Waals surface area contributed by atoms with Crippen LogP contribution in [0.2, 0.25) is 0 Å². The van der Waals surface area contributed by atoms with Crippen molar-refractivity contribution in [1.29, 1.82) is 0 Å². The average Bonchev–Trinajstić information content (AvgIpc) is 1.93. The third-order valence-corrected chi connectivity index (χ3v) is 2.04. The number of nitrogens with zero attached hydrogens (tertiary/aromatic N) is 1. The largest absolute Gasteiger partial charge is 0.378 e. The summed E-state index contributed by atoms with van der Waals surface area (Å²) >= 11 is 0. The highest BCUT2D eigenvalue weighted by Crippen LogP contribution is 2.17. The summed E-state index contributed by atoms with van der Waals surface area (Å²) in [6.45, 7) is 2.70. The van der Waals surface area contributed by atoms with Gasteiger partial charge in [-0.25, -0.2) is 0 Å². The minimum atomic E-state index is 0.161. The minimum Gasteiger partial charge on any atom is -0.378 e. The van der Waals surface area contributed by atoms with E-state index in [2.05, 4.69) is 4.90 Å². The highest BCUT2D eigenvalue weighted by molar-refractivity contribution is 5.87. The van der Waals surface area contributed by atoms with Gasteiger partial charge >= 0.3 is 0 Å². The molecule has 0 saturated carbocycles. The molecule has 1 rings (SSSR count). The van der Waals surface area contributed by atoms with Crippen molar-refractivity contribution >= 4 is 5.78 Å². The van der Waals surface area contributed by atoms with E-state index < -0.39 is 0 Å². The van der Waals surface area contributed by atoms with Crippen molar-refractivity contribution in [3.8, 4) is 0 Å². The highest BCUT2D eigenvalue weighted by Gasteiger charge is 2.10. The average molecular weight is 153 g/mol. The number of allylic oxidation sites excluding steroid dienone is 2. The quantitative estimate of drug-likeness (QED) is 0.533. The van der Waals surface area contributed by atoms with E-state index in [0.29, 0.717) is 0 Å². The Morgan fingerprint density at radius 3 is 2.82 bits per heavy atom. The number of carbonyl (C=O) groups is 1. The van der Waals surface area contributed by atoms with Crippen molar-refractivity contribution in [2.24, 2.45) is 0 Å². The van der Waals surface area contributed by atoms with Gasteiger partial charge in [0.15, 0.2) is 5.78 Å². The van der Waals surface area contributed by atoms with E-state index in [-0.39, 0.29) is 5.78 Å². The topological polar surface area (TPSA) is 20.3 Å². The SMILES string of the molecule is CC(=O)/C=C1/CCCCN1C. The van der Waals surface area contributed by atoms with Gasteiger partial charge in [-0.15, -0.1) is 0 Å². The molecule has 62 valence electrons. The lowest BCUT2D eigenvalue weighted by molar-refractivity contribution is -0.112. The molecular formula is C9H15NO. The Kier molecular flexibility index (Phi) is 2.69. The van der Waals surface area contributed by atoms with Crippen LogP contribution in [-0.2, 0) is 4.79 Å². The minimum absolute atomic E-state index is 0.161. The van der Waals surface area contributed by atoms with E-state index in [1.165, 1.54) is 18.5 Å². The van der Waals surface area contributed by atoms with Crippen molar-refractivity contribution in [1.82, 2.24) is 4.90 Å². The summed E-state index contributed by atoms with van der Waals surface area (Å²) in [5, 5.41) is 0. The van der Waals surface area contributed by atoms with Gasteiger partial charge in [0.1, 0.15) is 0 Å². The van der Waals surface area contributed by atoms with Crippen LogP contribution in [0.4, 0.5) is 0 Å². The number of hydrogen-bond acceptors (Lipinski definition) is 2. The fourth-order valence-corrected chi connectivity index (χ4v) is 1.41. The first-order valence-electron chi connectivity index (χ1n) is 4.12. The van der Waals surface area contributed by atoms with Gasteiger partial charge in [-0.3, -0.25) is 4.79 Å². The van der Waals surface area contributed by atoms with Crippen LogP contribution in [0, 0.1) is 0 Å². The summed E-state index contributed by atoms with van der Waals surface area (Å²) in [6, 6.07) is 0. The Labute approximate surface area is 67.9 Å². The predicted octanol–water partition coefficient (Wildman–Crippen LogP) is 1.57. The smallest absolute Gasteiger partial charge is 0.154 e. The summed E-state index contributed by atoms with van der Waals surface area (Å²) in [5.41, 5.74) is 1.20. The van der Waals surface area contributed by atoms with Gasteiger partial charge in [0.2, 0.25) is 0 Å². The van der Waals surface area contributed by atoms with Gasteiger partial charge in [0, 0.05) is 19.3 Å². The predicted molar refractivity (Wildman–Crippen MR) is 45.2 cm³/mol. The number of carbonyl (C=O) groups excluding carboxylic acids is 1. The molecule has 1 heterocycles. The lowest BCUT2D eigenvalue weighted by atomic mass is 10.1. The second-order valence-electron chi connectivity index (χ2n) is 3.12. The van der Waals surface area contributed by atoms with Gasteiger partial charge in [-0.2, -0.15) is 0 Å². The fourth-order valence-electron chi connectivity index (χ4n) is 1.41. The zero-order chi connectivity index (χ0) is 8.27. The molecule has 0 aromatic carbocycles. The number of ketones is 1. The molecule has 0 aromatic heterocycles. The van der Waals surface area contributed by atoms with E-state index >= 15 is 0 Å². The maximum absolute atomic E-state index is 10.8. The van der Waals surface area contributed by atoms with Crippen molar-refractivity contribution in [3.63, 3.8) is 0 Å². The molecule has 0 aromatic rings. The molecule has 1 aliphatic rings. The molecule has 1 saturated heterocycles. The second kappa shape index (κ2) is 3.56. The number of piperidine rings is 1. The van der Waals surface area contributed by atoms with Crippen LogP contribution in [0.25, 0.3) is 0 Å².